The lowest BCUT2D eigenvalue weighted by molar-refractivity contribution is 0.0127. The number of ether oxygens (including phenoxy) is 1. The normalized spacial score (nSPS) is 16.3. The van der Waals surface area contributed by atoms with Gasteiger partial charge in [0.05, 0.1) is 31.1 Å². The molecule has 8 nitrogen and oxygen atoms in total. The Balaban J connectivity index is 1.67. The van der Waals surface area contributed by atoms with E-state index in [0.717, 1.165) is 18.8 Å². The number of pyridine rings is 3. The molecule has 1 atom stereocenters. The van der Waals surface area contributed by atoms with Gasteiger partial charge in [-0.1, -0.05) is 0 Å². The van der Waals surface area contributed by atoms with Gasteiger partial charge in [-0.15, -0.1) is 0 Å². The zero-order valence-electron chi connectivity index (χ0n) is 20.0. The van der Waals surface area contributed by atoms with Gasteiger partial charge in [0, 0.05) is 49.6 Å². The van der Waals surface area contributed by atoms with E-state index in [1.54, 1.807) is 17.7 Å². The second-order valence-corrected chi connectivity index (χ2v) is 8.75. The minimum absolute atomic E-state index is 0.0517. The highest BCUT2D eigenvalue weighted by atomic mass is 19.3. The number of carbonyl (C=O) groups is 1. The minimum Gasteiger partial charge on any atom is -0.377 e. The van der Waals surface area contributed by atoms with E-state index in [4.69, 9.17) is 4.74 Å². The fraction of sp³-hybridized carbons (Fsp3) is 0.360. The summed E-state index contributed by atoms with van der Waals surface area (Å²) in [5.41, 5.74) is 1.79. The van der Waals surface area contributed by atoms with Crippen LogP contribution in [0.25, 0.3) is 11.1 Å². The van der Waals surface area contributed by atoms with Crippen LogP contribution in [-0.2, 0) is 17.7 Å². The monoisotopic (exact) mass is 483 g/mol. The number of aryl methyl sites for hydroxylation is 1. The van der Waals surface area contributed by atoms with Gasteiger partial charge in [0.2, 0.25) is 0 Å². The van der Waals surface area contributed by atoms with Crippen LogP contribution in [0.3, 0.4) is 0 Å². The molecule has 4 rings (SSSR count). The highest BCUT2D eigenvalue weighted by molar-refractivity contribution is 6.04. The van der Waals surface area contributed by atoms with Gasteiger partial charge in [-0.05, 0) is 43.7 Å². The van der Waals surface area contributed by atoms with Crippen LogP contribution in [0.15, 0.2) is 47.5 Å². The van der Waals surface area contributed by atoms with Gasteiger partial charge in [0.1, 0.15) is 11.5 Å². The first kappa shape index (κ1) is 24.5. The predicted octanol–water partition coefficient (Wildman–Crippen LogP) is 3.74. The van der Waals surface area contributed by atoms with Gasteiger partial charge in [0.15, 0.2) is 0 Å². The number of amides is 1. The number of halogens is 2. The molecule has 1 saturated heterocycles. The molecule has 4 heterocycles. The van der Waals surface area contributed by atoms with Crippen LogP contribution >= 0.6 is 0 Å². The number of aromatic nitrogens is 3. The van der Waals surface area contributed by atoms with E-state index >= 15 is 0 Å². The van der Waals surface area contributed by atoms with Crippen molar-refractivity contribution in [3.8, 4) is 11.1 Å². The van der Waals surface area contributed by atoms with E-state index in [-0.39, 0.29) is 17.2 Å². The van der Waals surface area contributed by atoms with Gasteiger partial charge < -0.3 is 15.0 Å². The summed E-state index contributed by atoms with van der Waals surface area (Å²) in [6.45, 7) is 6.39. The molecule has 0 unspecified atom stereocenters. The van der Waals surface area contributed by atoms with Gasteiger partial charge in [-0.2, -0.15) is 8.78 Å². The molecule has 1 aliphatic heterocycles. The van der Waals surface area contributed by atoms with E-state index in [2.05, 4.69) is 20.2 Å². The van der Waals surface area contributed by atoms with Gasteiger partial charge >= 0.3 is 0 Å². The van der Waals surface area contributed by atoms with Crippen molar-refractivity contribution in [2.75, 3.05) is 30.0 Å². The molecule has 0 spiro atoms. The summed E-state index contributed by atoms with van der Waals surface area (Å²) >= 11 is 0. The van der Waals surface area contributed by atoms with Crippen LogP contribution in [0.2, 0.25) is 0 Å². The number of nitrogens with one attached hydrogen (secondary N) is 1. The molecule has 10 heteroatoms. The summed E-state index contributed by atoms with van der Waals surface area (Å²) in [4.78, 5) is 35.7. The molecule has 1 fully saturated rings. The largest absolute Gasteiger partial charge is 0.377 e. The van der Waals surface area contributed by atoms with E-state index < -0.39 is 17.5 Å². The van der Waals surface area contributed by atoms with Crippen molar-refractivity contribution in [2.45, 2.75) is 32.7 Å². The Morgan fingerprint density at radius 2 is 2.00 bits per heavy atom. The molecule has 0 radical (unpaired) electrons. The maximum absolute atomic E-state index is 13.6. The Kier molecular flexibility index (Phi) is 6.66. The van der Waals surface area contributed by atoms with Crippen molar-refractivity contribution in [3.05, 3.63) is 70.0 Å². The third-order valence-corrected chi connectivity index (χ3v) is 6.03. The highest BCUT2D eigenvalue weighted by Crippen LogP contribution is 2.29. The second kappa shape index (κ2) is 9.53. The highest BCUT2D eigenvalue weighted by Gasteiger charge is 2.27. The fourth-order valence-corrected chi connectivity index (χ4v) is 4.03. The number of rotatable bonds is 5. The number of nitrogens with zero attached hydrogens (tertiary/aromatic N) is 4. The van der Waals surface area contributed by atoms with Crippen molar-refractivity contribution in [2.24, 2.45) is 7.05 Å². The zero-order chi connectivity index (χ0) is 25.3. The van der Waals surface area contributed by atoms with Crippen LogP contribution in [0.5, 0.6) is 0 Å². The Hall–Kier alpha value is -3.66. The van der Waals surface area contributed by atoms with Crippen LogP contribution in [0.4, 0.5) is 20.3 Å². The van der Waals surface area contributed by atoms with Crippen LogP contribution < -0.4 is 15.8 Å². The SMILES string of the molecule is Cc1ncc(NC(=O)c2ccnc(C(C)(F)F)c2)cc1-c1cc(N2CCOC[C@H]2C)n(C)c(=O)c1. The molecule has 3 aromatic heterocycles. The van der Waals surface area contributed by atoms with Crippen molar-refractivity contribution in [1.82, 2.24) is 14.5 Å². The second-order valence-electron chi connectivity index (χ2n) is 8.75. The summed E-state index contributed by atoms with van der Waals surface area (Å²) in [6, 6.07) is 7.71. The molecule has 0 bridgehead atoms. The lowest BCUT2D eigenvalue weighted by Gasteiger charge is -2.36. The van der Waals surface area contributed by atoms with E-state index in [1.807, 2.05) is 19.9 Å². The van der Waals surface area contributed by atoms with Crippen LogP contribution in [0.1, 0.15) is 35.6 Å². The van der Waals surface area contributed by atoms with E-state index in [0.29, 0.717) is 42.3 Å². The quantitative estimate of drug-likeness (QED) is 0.595. The van der Waals surface area contributed by atoms with Crippen molar-refractivity contribution < 1.29 is 18.3 Å². The van der Waals surface area contributed by atoms with Crippen LogP contribution in [-0.4, -0.2) is 46.2 Å². The Morgan fingerprint density at radius 3 is 2.71 bits per heavy atom. The molecule has 3 aromatic rings. The Labute approximate surface area is 201 Å². The number of anilines is 2. The predicted molar refractivity (Wildman–Crippen MR) is 129 cm³/mol. The van der Waals surface area contributed by atoms with Gasteiger partial charge in [-0.3, -0.25) is 24.1 Å². The summed E-state index contributed by atoms with van der Waals surface area (Å²) < 4.78 is 34.4. The zero-order valence-corrected chi connectivity index (χ0v) is 20.0. The lowest BCUT2D eigenvalue weighted by Crippen LogP contribution is -2.45. The summed E-state index contributed by atoms with van der Waals surface area (Å²) in [7, 11) is 1.73. The molecule has 184 valence electrons. The molecule has 1 N–H and O–H groups in total. The molecule has 1 aliphatic rings. The smallest absolute Gasteiger partial charge is 0.286 e. The number of hydrogen-bond acceptors (Lipinski definition) is 6. The van der Waals surface area contributed by atoms with Gasteiger partial charge in [0.25, 0.3) is 17.4 Å². The Morgan fingerprint density at radius 1 is 1.23 bits per heavy atom. The number of morpholine rings is 1. The molecule has 0 aromatic carbocycles. The van der Waals surface area contributed by atoms with Crippen molar-refractivity contribution >= 4 is 17.4 Å². The van der Waals surface area contributed by atoms with Crippen molar-refractivity contribution in [3.63, 3.8) is 0 Å². The maximum Gasteiger partial charge on any atom is 0.286 e. The number of carbonyl (C=O) groups excluding carboxylic acids is 1. The molecule has 1 amide bonds. The topological polar surface area (TPSA) is 89.3 Å². The van der Waals surface area contributed by atoms with E-state index in [9.17, 15) is 18.4 Å². The number of alkyl halides is 2. The number of hydrogen-bond donors (Lipinski definition) is 1. The first-order valence-electron chi connectivity index (χ1n) is 11.2. The molecular weight excluding hydrogens is 456 g/mol. The average molecular weight is 484 g/mol. The third-order valence-electron chi connectivity index (χ3n) is 6.03. The fourth-order valence-electron chi connectivity index (χ4n) is 4.03. The third kappa shape index (κ3) is 5.22. The standard InChI is InChI=1S/C25H27F2N5O3/c1-15-14-35-8-7-32(15)22-10-18(11-23(33)31(22)4)20-12-19(13-29-16(20)2)30-24(34)17-5-6-28-21(9-17)25(3,26)27/h5-6,9-13,15H,7-8,14H2,1-4H3,(H,30,34)/t15-/m1/s1. The maximum atomic E-state index is 13.6. The summed E-state index contributed by atoms with van der Waals surface area (Å²) in [5, 5.41) is 2.70. The minimum atomic E-state index is -3.16. The Bertz CT molecular complexity index is 1320. The van der Waals surface area contributed by atoms with Crippen molar-refractivity contribution in [1.29, 1.82) is 0 Å². The summed E-state index contributed by atoms with van der Waals surface area (Å²) in [5.74, 6) is -2.97. The van der Waals surface area contributed by atoms with E-state index in [1.165, 1.54) is 24.5 Å². The van der Waals surface area contributed by atoms with Crippen LogP contribution in [0, 0.1) is 6.92 Å². The average Bonchev–Trinajstić information content (AvgIpc) is 2.82. The molecule has 35 heavy (non-hydrogen) atoms. The molecule has 0 saturated carbocycles. The first-order chi connectivity index (χ1) is 16.5. The molecule has 0 aliphatic carbocycles. The summed E-state index contributed by atoms with van der Waals surface area (Å²) in [6.07, 6.45) is 2.66. The molecular formula is C25H27F2N5O3. The first-order valence-corrected chi connectivity index (χ1v) is 11.2. The van der Waals surface area contributed by atoms with Gasteiger partial charge in [-0.25, -0.2) is 0 Å². The lowest BCUT2D eigenvalue weighted by atomic mass is 10.0.